The second-order valence-electron chi connectivity index (χ2n) is 6.33. The molecule has 3 N–H and O–H groups in total. The van der Waals surface area contributed by atoms with Crippen molar-refractivity contribution in [2.75, 3.05) is 26.0 Å². The second kappa shape index (κ2) is 7.12. The molecule has 1 unspecified atom stereocenters. The molecular formula is C17H21N5O4. The van der Waals surface area contributed by atoms with Crippen molar-refractivity contribution >= 4 is 28.7 Å². The number of aromatic nitrogens is 2. The number of carbonyl (C=O) groups excluding carboxylic acids is 1. The highest BCUT2D eigenvalue weighted by Gasteiger charge is 2.40. The first kappa shape index (κ1) is 17.9. The summed E-state index contributed by atoms with van der Waals surface area (Å²) in [6.07, 6.45) is 0.278. The topological polar surface area (TPSA) is 122 Å². The summed E-state index contributed by atoms with van der Waals surface area (Å²) in [5.41, 5.74) is 7.43. The van der Waals surface area contributed by atoms with Crippen LogP contribution in [0.15, 0.2) is 24.5 Å². The van der Waals surface area contributed by atoms with E-state index in [1.165, 1.54) is 13.4 Å². The molecule has 0 bridgehead atoms. The van der Waals surface area contributed by atoms with E-state index in [-0.39, 0.29) is 25.1 Å². The molecule has 26 heavy (non-hydrogen) atoms. The maximum Gasteiger partial charge on any atom is 0.408 e. The van der Waals surface area contributed by atoms with E-state index >= 15 is 0 Å². The number of nitrogens with zero attached hydrogens (tertiary/aromatic N) is 4. The summed E-state index contributed by atoms with van der Waals surface area (Å²) in [5, 5.41) is 10.1. The molecule has 2 heterocycles. The summed E-state index contributed by atoms with van der Waals surface area (Å²) in [7, 11) is 1.45. The van der Waals surface area contributed by atoms with Gasteiger partial charge in [-0.1, -0.05) is 6.07 Å². The first-order chi connectivity index (χ1) is 12.4. The number of piperazine rings is 1. The van der Waals surface area contributed by atoms with Crippen molar-refractivity contribution in [3.63, 3.8) is 0 Å². The minimum Gasteiger partial charge on any atom is -0.465 e. The molecule has 2 aromatic rings. The molecule has 0 saturated carbocycles. The van der Waals surface area contributed by atoms with Gasteiger partial charge in [-0.05, 0) is 24.6 Å². The van der Waals surface area contributed by atoms with Gasteiger partial charge in [-0.15, -0.1) is 0 Å². The number of hydrogen-bond acceptors (Lipinski definition) is 6. The summed E-state index contributed by atoms with van der Waals surface area (Å²) in [4.78, 5) is 35.3. The number of methoxy groups -OCH3 is 1. The number of amides is 2. The number of fused-ring (bicyclic) bond motifs is 1. The van der Waals surface area contributed by atoms with Gasteiger partial charge in [0.2, 0.25) is 5.91 Å². The van der Waals surface area contributed by atoms with Crippen molar-refractivity contribution < 1.29 is 19.4 Å². The maximum atomic E-state index is 12.9. The number of anilines is 1. The molecule has 1 fully saturated rings. The van der Waals surface area contributed by atoms with E-state index in [1.807, 2.05) is 25.1 Å². The van der Waals surface area contributed by atoms with Crippen LogP contribution in [0, 0.1) is 0 Å². The molecule has 1 aromatic carbocycles. The van der Waals surface area contributed by atoms with Gasteiger partial charge in [0.1, 0.15) is 18.2 Å². The molecule has 1 aliphatic rings. The largest absolute Gasteiger partial charge is 0.465 e. The number of hydrogen-bond donors (Lipinski definition) is 2. The molecule has 9 nitrogen and oxygen atoms in total. The van der Waals surface area contributed by atoms with Crippen LogP contribution in [0.4, 0.5) is 10.6 Å². The number of carbonyl (C=O) groups is 2. The minimum absolute atomic E-state index is 0.0236. The Kier molecular flexibility index (Phi) is 4.90. The van der Waals surface area contributed by atoms with Crippen LogP contribution in [0.1, 0.15) is 12.5 Å². The average Bonchev–Trinajstić information content (AvgIpc) is 2.61. The first-order valence-electron chi connectivity index (χ1n) is 8.20. The van der Waals surface area contributed by atoms with Crippen molar-refractivity contribution in [1.29, 1.82) is 0 Å². The molecule has 0 aliphatic carbocycles. The summed E-state index contributed by atoms with van der Waals surface area (Å²) in [6.45, 7) is 2.44. The van der Waals surface area contributed by atoms with Gasteiger partial charge < -0.3 is 20.5 Å². The lowest BCUT2D eigenvalue weighted by Crippen LogP contribution is -2.63. The number of nitrogens with two attached hydrogens (primary N) is 1. The first-order valence-corrected chi connectivity index (χ1v) is 8.20. The smallest absolute Gasteiger partial charge is 0.408 e. The van der Waals surface area contributed by atoms with Crippen LogP contribution in [-0.2, 0) is 16.1 Å². The standard InChI is InChI=1S/C17H21N5O4/c1-10-6-22(17(24)25)14(8-26-2)16(23)21(10)7-11-3-4-12-13(5-11)19-9-20-15(12)18/h3-5,9-10,14H,6-8H2,1-2H3,(H,24,25)(H2,18,19,20)/t10?,14-/m0/s1. The van der Waals surface area contributed by atoms with Crippen LogP contribution in [0.5, 0.6) is 0 Å². The van der Waals surface area contributed by atoms with Crippen molar-refractivity contribution in [2.24, 2.45) is 0 Å². The zero-order valence-electron chi connectivity index (χ0n) is 14.6. The number of nitrogen functional groups attached to an aromatic ring is 1. The molecule has 3 rings (SSSR count). The SMILES string of the molecule is COC[C@H]1C(=O)N(Cc2ccc3c(N)ncnc3c2)C(C)CN1C(=O)O. The van der Waals surface area contributed by atoms with Crippen LogP contribution < -0.4 is 5.73 Å². The molecular weight excluding hydrogens is 338 g/mol. The third-order valence-corrected chi connectivity index (χ3v) is 4.59. The lowest BCUT2D eigenvalue weighted by atomic mass is 10.0. The van der Waals surface area contributed by atoms with Crippen molar-refractivity contribution in [3.05, 3.63) is 30.1 Å². The van der Waals surface area contributed by atoms with E-state index < -0.39 is 12.1 Å². The Hall–Kier alpha value is -2.94. The van der Waals surface area contributed by atoms with Gasteiger partial charge >= 0.3 is 6.09 Å². The third kappa shape index (κ3) is 3.25. The van der Waals surface area contributed by atoms with E-state index in [0.29, 0.717) is 17.9 Å². The van der Waals surface area contributed by atoms with Crippen LogP contribution in [0.2, 0.25) is 0 Å². The maximum absolute atomic E-state index is 12.9. The van der Waals surface area contributed by atoms with Gasteiger partial charge in [0, 0.05) is 31.6 Å². The van der Waals surface area contributed by atoms with Gasteiger partial charge in [-0.3, -0.25) is 9.69 Å². The van der Waals surface area contributed by atoms with Gasteiger partial charge in [0.15, 0.2) is 0 Å². The Labute approximate surface area is 150 Å². The van der Waals surface area contributed by atoms with E-state index in [1.54, 1.807) is 4.90 Å². The zero-order chi connectivity index (χ0) is 18.8. The van der Waals surface area contributed by atoms with Gasteiger partial charge in [-0.2, -0.15) is 0 Å². The predicted octanol–water partition coefficient (Wildman–Crippen LogP) is 0.938. The van der Waals surface area contributed by atoms with Crippen LogP contribution >= 0.6 is 0 Å². The highest BCUT2D eigenvalue weighted by atomic mass is 16.5. The quantitative estimate of drug-likeness (QED) is 0.833. The van der Waals surface area contributed by atoms with Gasteiger partial charge in [0.25, 0.3) is 0 Å². The number of rotatable bonds is 4. The van der Waals surface area contributed by atoms with Crippen molar-refractivity contribution in [3.8, 4) is 0 Å². The highest BCUT2D eigenvalue weighted by Crippen LogP contribution is 2.23. The summed E-state index contributed by atoms with van der Waals surface area (Å²) >= 11 is 0. The van der Waals surface area contributed by atoms with Crippen LogP contribution in [0.25, 0.3) is 10.9 Å². The number of benzene rings is 1. The summed E-state index contributed by atoms with van der Waals surface area (Å²) < 4.78 is 5.05. The molecule has 9 heteroatoms. The lowest BCUT2D eigenvalue weighted by Gasteiger charge is -2.43. The fourth-order valence-corrected chi connectivity index (χ4v) is 3.24. The Bertz CT molecular complexity index is 843. The fourth-order valence-electron chi connectivity index (χ4n) is 3.24. The molecule has 1 aromatic heterocycles. The van der Waals surface area contributed by atoms with Crippen LogP contribution in [-0.4, -0.2) is 69.2 Å². The van der Waals surface area contributed by atoms with Gasteiger partial charge in [0.05, 0.1) is 12.1 Å². The lowest BCUT2D eigenvalue weighted by molar-refractivity contribution is -0.147. The Morgan fingerprint density at radius 1 is 1.42 bits per heavy atom. The third-order valence-electron chi connectivity index (χ3n) is 4.59. The molecule has 138 valence electrons. The van der Waals surface area contributed by atoms with Crippen LogP contribution in [0.3, 0.4) is 0 Å². The van der Waals surface area contributed by atoms with E-state index in [4.69, 9.17) is 10.5 Å². The monoisotopic (exact) mass is 359 g/mol. The highest BCUT2D eigenvalue weighted by molar-refractivity contribution is 5.89. The van der Waals surface area contributed by atoms with Gasteiger partial charge in [-0.25, -0.2) is 14.8 Å². The molecule has 0 radical (unpaired) electrons. The molecule has 2 atom stereocenters. The number of carboxylic acid groups (broad SMARTS) is 1. The Balaban J connectivity index is 1.86. The average molecular weight is 359 g/mol. The Morgan fingerprint density at radius 3 is 2.88 bits per heavy atom. The van der Waals surface area contributed by atoms with E-state index in [0.717, 1.165) is 15.8 Å². The van der Waals surface area contributed by atoms with Crippen molar-refractivity contribution in [2.45, 2.75) is 25.6 Å². The summed E-state index contributed by atoms with van der Waals surface area (Å²) in [6, 6.07) is 4.47. The molecule has 0 spiro atoms. The number of ether oxygens (including phenoxy) is 1. The zero-order valence-corrected chi connectivity index (χ0v) is 14.6. The van der Waals surface area contributed by atoms with Crippen molar-refractivity contribution in [1.82, 2.24) is 19.8 Å². The van der Waals surface area contributed by atoms with E-state index in [9.17, 15) is 14.7 Å². The predicted molar refractivity (Wildman–Crippen MR) is 94.4 cm³/mol. The summed E-state index contributed by atoms with van der Waals surface area (Å²) in [5.74, 6) is 0.136. The second-order valence-corrected chi connectivity index (χ2v) is 6.33. The fraction of sp³-hybridized carbons (Fsp3) is 0.412. The minimum atomic E-state index is -1.12. The molecule has 1 saturated heterocycles. The normalized spacial score (nSPS) is 20.6. The van der Waals surface area contributed by atoms with E-state index in [2.05, 4.69) is 9.97 Å². The molecule has 2 amide bonds. The molecule has 1 aliphatic heterocycles. The Morgan fingerprint density at radius 2 is 2.19 bits per heavy atom.